The van der Waals surface area contributed by atoms with Crippen molar-refractivity contribution in [1.82, 2.24) is 0 Å². The third kappa shape index (κ3) is 7.51. The second-order valence-corrected chi connectivity index (χ2v) is 22.2. The van der Waals surface area contributed by atoms with Gasteiger partial charge in [0.25, 0.3) is 0 Å². The first-order valence-corrected chi connectivity index (χ1v) is 19.5. The van der Waals surface area contributed by atoms with E-state index in [0.717, 1.165) is 5.75 Å². The Morgan fingerprint density at radius 2 is 1.20 bits per heavy atom. The quantitative estimate of drug-likeness (QED) is 0.243. The van der Waals surface area contributed by atoms with Crippen LogP contribution >= 0.6 is 0 Å². The standard InChI is InChI=1S/C15H16NO.3C4H9.Sn/c1-16(2)14-8-10-15(11-9-14)17-12-13-6-4-3-5-7-13;3*1-3-4-2;/h4-11H,12H2,1-2H3;3*1,3-4H2,2H3;. The van der Waals surface area contributed by atoms with Crippen molar-refractivity contribution in [3.05, 3.63) is 54.1 Å². The molecule has 30 heavy (non-hydrogen) atoms. The average molecular weight is 516 g/mol. The van der Waals surface area contributed by atoms with Gasteiger partial charge >= 0.3 is 190 Å². The van der Waals surface area contributed by atoms with E-state index < -0.39 is 18.4 Å². The molecule has 2 rings (SSSR count). The molecule has 0 saturated carbocycles. The van der Waals surface area contributed by atoms with E-state index in [1.165, 1.54) is 63.1 Å². The van der Waals surface area contributed by atoms with Crippen molar-refractivity contribution < 1.29 is 4.74 Å². The molecule has 0 aliphatic carbocycles. The van der Waals surface area contributed by atoms with Crippen LogP contribution in [0.1, 0.15) is 64.9 Å². The molecule has 0 spiro atoms. The van der Waals surface area contributed by atoms with Crippen LogP contribution in [0.2, 0.25) is 13.3 Å². The van der Waals surface area contributed by atoms with Gasteiger partial charge in [-0.15, -0.1) is 0 Å². The average Bonchev–Trinajstić information content (AvgIpc) is 2.78. The zero-order chi connectivity index (χ0) is 21.8. The topological polar surface area (TPSA) is 12.5 Å². The van der Waals surface area contributed by atoms with Crippen LogP contribution in [0.4, 0.5) is 5.69 Å². The van der Waals surface area contributed by atoms with E-state index in [-0.39, 0.29) is 0 Å². The first-order chi connectivity index (χ1) is 14.5. The maximum absolute atomic E-state index is 6.05. The van der Waals surface area contributed by atoms with Gasteiger partial charge in [-0.2, -0.15) is 0 Å². The van der Waals surface area contributed by atoms with Crippen molar-refractivity contribution in [1.29, 1.82) is 0 Å². The van der Waals surface area contributed by atoms with Gasteiger partial charge in [-0.1, -0.05) is 0 Å². The monoisotopic (exact) mass is 517 g/mol. The van der Waals surface area contributed by atoms with Gasteiger partial charge in [0, 0.05) is 0 Å². The Kier molecular flexibility index (Phi) is 11.1. The molecule has 0 aliphatic rings. The van der Waals surface area contributed by atoms with E-state index in [1.54, 1.807) is 3.58 Å². The summed E-state index contributed by atoms with van der Waals surface area (Å²) in [5.41, 5.74) is 2.47. The fourth-order valence-electron chi connectivity index (χ4n) is 4.32. The summed E-state index contributed by atoms with van der Waals surface area (Å²) >= 11 is -2.31. The Balaban J connectivity index is 2.10. The first-order valence-electron chi connectivity index (χ1n) is 12.0. The molecule has 0 amide bonds. The van der Waals surface area contributed by atoms with Crippen LogP contribution in [0.3, 0.4) is 0 Å². The van der Waals surface area contributed by atoms with Crippen molar-refractivity contribution in [2.24, 2.45) is 0 Å². The van der Waals surface area contributed by atoms with E-state index in [0.29, 0.717) is 6.61 Å². The molecule has 2 nitrogen and oxygen atoms in total. The van der Waals surface area contributed by atoms with Crippen LogP contribution in [0.5, 0.6) is 5.75 Å². The summed E-state index contributed by atoms with van der Waals surface area (Å²) < 4.78 is 12.4. The number of ether oxygens (including phenoxy) is 1. The summed E-state index contributed by atoms with van der Waals surface area (Å²) in [5, 5.41) is 0. The summed E-state index contributed by atoms with van der Waals surface area (Å²) in [7, 11) is 4.12. The van der Waals surface area contributed by atoms with Crippen LogP contribution < -0.4 is 13.2 Å². The number of hydrogen-bond donors (Lipinski definition) is 0. The second-order valence-electron chi connectivity index (χ2n) is 8.96. The number of benzene rings is 2. The van der Waals surface area contributed by atoms with Gasteiger partial charge in [0.1, 0.15) is 0 Å². The van der Waals surface area contributed by atoms with E-state index >= 15 is 0 Å². The van der Waals surface area contributed by atoms with E-state index in [1.807, 2.05) is 0 Å². The van der Waals surface area contributed by atoms with E-state index in [2.05, 4.69) is 88.3 Å². The summed E-state index contributed by atoms with van der Waals surface area (Å²) in [4.78, 5) is 2.11. The summed E-state index contributed by atoms with van der Waals surface area (Å²) in [6.07, 6.45) is 8.23. The number of anilines is 1. The summed E-state index contributed by atoms with van der Waals surface area (Å²) in [5.74, 6) is 0.937. The molecular formula is C27H43NOSn. The predicted octanol–water partition coefficient (Wildman–Crippen LogP) is 7.39. The van der Waals surface area contributed by atoms with Crippen LogP contribution in [-0.2, 0) is 6.61 Å². The van der Waals surface area contributed by atoms with Crippen LogP contribution in [-0.4, -0.2) is 32.5 Å². The molecule has 0 aromatic heterocycles. The predicted molar refractivity (Wildman–Crippen MR) is 136 cm³/mol. The fourth-order valence-corrected chi connectivity index (χ4v) is 20.2. The Morgan fingerprint density at radius 3 is 1.63 bits per heavy atom. The van der Waals surface area contributed by atoms with Crippen molar-refractivity contribution in [2.45, 2.75) is 79.2 Å². The Hall–Kier alpha value is -1.16. The fraction of sp³-hybridized carbons (Fsp3) is 0.556. The van der Waals surface area contributed by atoms with Crippen molar-refractivity contribution in [3.63, 3.8) is 0 Å². The van der Waals surface area contributed by atoms with E-state index in [4.69, 9.17) is 4.74 Å². The van der Waals surface area contributed by atoms with Crippen LogP contribution in [0.25, 0.3) is 0 Å². The van der Waals surface area contributed by atoms with Gasteiger partial charge in [-0.3, -0.25) is 0 Å². The number of rotatable bonds is 14. The minimum atomic E-state index is -2.31. The van der Waals surface area contributed by atoms with Crippen molar-refractivity contribution in [2.75, 3.05) is 19.0 Å². The second kappa shape index (κ2) is 13.3. The van der Waals surface area contributed by atoms with Gasteiger partial charge in [0.05, 0.1) is 0 Å². The maximum atomic E-state index is 6.05. The van der Waals surface area contributed by atoms with Gasteiger partial charge in [-0.05, 0) is 0 Å². The third-order valence-electron chi connectivity index (χ3n) is 6.35. The van der Waals surface area contributed by atoms with Crippen molar-refractivity contribution in [3.8, 4) is 5.75 Å². The third-order valence-corrected chi connectivity index (χ3v) is 22.0. The summed E-state index contributed by atoms with van der Waals surface area (Å²) in [6, 6.07) is 18.0. The zero-order valence-electron chi connectivity index (χ0n) is 20.0. The molecule has 0 saturated heterocycles. The van der Waals surface area contributed by atoms with Gasteiger partial charge in [0.15, 0.2) is 0 Å². The first kappa shape index (κ1) is 25.1. The van der Waals surface area contributed by atoms with Crippen LogP contribution in [0, 0.1) is 0 Å². The SMILES string of the molecule is CCC[CH2][Sn]([CH2]CCC)([CH2]CCC)[c]1ccc(COc2ccc(N(C)C)cc2)cc1. The minimum absolute atomic E-state index is 0.642. The Labute approximate surface area is 189 Å². The number of unbranched alkanes of at least 4 members (excludes halogenated alkanes) is 3. The molecular weight excluding hydrogens is 473 g/mol. The van der Waals surface area contributed by atoms with Crippen molar-refractivity contribution >= 4 is 27.6 Å². The molecule has 166 valence electrons. The molecule has 0 unspecified atom stereocenters. The number of nitrogens with zero attached hydrogens (tertiary/aromatic N) is 1. The normalized spacial score (nSPS) is 11.5. The molecule has 2 aromatic rings. The molecule has 0 fully saturated rings. The van der Waals surface area contributed by atoms with Crippen LogP contribution in [0.15, 0.2) is 48.5 Å². The Bertz CT molecular complexity index is 687. The molecule has 0 aliphatic heterocycles. The summed E-state index contributed by atoms with van der Waals surface area (Å²) in [6.45, 7) is 7.69. The molecule has 0 atom stereocenters. The van der Waals surface area contributed by atoms with E-state index in [9.17, 15) is 0 Å². The molecule has 0 heterocycles. The van der Waals surface area contributed by atoms with Gasteiger partial charge < -0.3 is 0 Å². The molecule has 2 aromatic carbocycles. The van der Waals surface area contributed by atoms with Gasteiger partial charge in [-0.25, -0.2) is 0 Å². The molecule has 0 radical (unpaired) electrons. The molecule has 0 bridgehead atoms. The number of hydrogen-bond acceptors (Lipinski definition) is 2. The molecule has 3 heteroatoms. The molecule has 0 N–H and O–H groups in total. The Morgan fingerprint density at radius 1 is 0.700 bits per heavy atom. The van der Waals surface area contributed by atoms with Gasteiger partial charge in [0.2, 0.25) is 0 Å². The zero-order valence-corrected chi connectivity index (χ0v) is 22.9.